The van der Waals surface area contributed by atoms with E-state index in [1.165, 1.54) is 6.20 Å². The molecule has 1 aromatic rings. The van der Waals surface area contributed by atoms with Gasteiger partial charge in [0, 0.05) is 6.54 Å². The quantitative estimate of drug-likeness (QED) is 0.319. The Bertz CT molecular complexity index is 749. The van der Waals surface area contributed by atoms with Crippen LogP contribution in [0, 0.1) is 0 Å². The number of aliphatic imine (C=N–C) groups is 1. The van der Waals surface area contributed by atoms with Gasteiger partial charge in [-0.3, -0.25) is 9.79 Å². The lowest BCUT2D eigenvalue weighted by Crippen LogP contribution is -2.36. The summed E-state index contributed by atoms with van der Waals surface area (Å²) in [7, 11) is 0. The van der Waals surface area contributed by atoms with Crippen LogP contribution in [0.5, 0.6) is 0 Å². The molecule has 0 fully saturated rings. The van der Waals surface area contributed by atoms with Crippen LogP contribution >= 0.6 is 23.2 Å². The van der Waals surface area contributed by atoms with Crippen molar-refractivity contribution >= 4 is 34.8 Å². The van der Waals surface area contributed by atoms with Gasteiger partial charge in [-0.05, 0) is 49.4 Å². The Hall–Kier alpha value is -2.06. The average molecular weight is 429 g/mol. The first-order valence-corrected chi connectivity index (χ1v) is 9.45. The Morgan fingerprint density at radius 2 is 2.07 bits per heavy atom. The number of nitrogens with two attached hydrogens (primary N) is 1. The van der Waals surface area contributed by atoms with Crippen LogP contribution in [0.1, 0.15) is 19.4 Å². The predicted octanol–water partition coefficient (Wildman–Crippen LogP) is 2.37. The largest absolute Gasteiger partial charge is 0.404 e. The molecule has 28 heavy (non-hydrogen) atoms. The Morgan fingerprint density at radius 3 is 2.68 bits per heavy atom. The molecule has 1 rings (SSSR count). The minimum Gasteiger partial charge on any atom is -0.404 e. The molecule has 0 aliphatic rings. The van der Waals surface area contributed by atoms with Gasteiger partial charge in [0.25, 0.3) is 5.91 Å². The van der Waals surface area contributed by atoms with Crippen molar-refractivity contribution in [2.24, 2.45) is 10.7 Å². The van der Waals surface area contributed by atoms with Crippen LogP contribution in [0.25, 0.3) is 0 Å². The number of allylic oxidation sites excluding steroid dienone is 1. The van der Waals surface area contributed by atoms with Crippen molar-refractivity contribution in [1.82, 2.24) is 10.6 Å². The summed E-state index contributed by atoms with van der Waals surface area (Å²) in [4.78, 5) is 16.9. The molecule has 9 heteroatoms. The molecule has 0 unspecified atom stereocenters. The number of benzene rings is 1. The molecule has 0 aromatic heterocycles. The second-order valence-electron chi connectivity index (χ2n) is 5.67. The first-order valence-electron chi connectivity index (χ1n) is 8.70. The van der Waals surface area contributed by atoms with Crippen molar-refractivity contribution in [3.63, 3.8) is 0 Å². The third-order valence-corrected chi connectivity index (χ3v) is 4.32. The van der Waals surface area contributed by atoms with Crippen molar-refractivity contribution in [3.8, 4) is 0 Å². The highest BCUT2D eigenvalue weighted by molar-refractivity contribution is 6.45. The zero-order valence-electron chi connectivity index (χ0n) is 16.0. The highest BCUT2D eigenvalue weighted by Crippen LogP contribution is 2.22. The smallest absolute Gasteiger partial charge is 0.275 e. The van der Waals surface area contributed by atoms with Gasteiger partial charge in [-0.2, -0.15) is 0 Å². The second-order valence-corrected chi connectivity index (χ2v) is 6.49. The number of halogens is 2. The molecule has 1 aromatic carbocycles. The molecule has 0 aliphatic carbocycles. The monoisotopic (exact) mass is 428 g/mol. The molecule has 0 atom stereocenters. The molecule has 0 radical (unpaired) electrons. The summed E-state index contributed by atoms with van der Waals surface area (Å²) in [5, 5.41) is 15.6. The van der Waals surface area contributed by atoms with E-state index in [9.17, 15) is 4.79 Å². The summed E-state index contributed by atoms with van der Waals surface area (Å²) < 4.78 is 5.15. The van der Waals surface area contributed by atoms with Gasteiger partial charge >= 0.3 is 0 Å². The van der Waals surface area contributed by atoms with Gasteiger partial charge in [0.2, 0.25) is 0 Å². The van der Waals surface area contributed by atoms with Crippen molar-refractivity contribution in [2.45, 2.75) is 20.4 Å². The number of ether oxygens (including phenoxy) is 1. The van der Waals surface area contributed by atoms with Gasteiger partial charge in [0.05, 0.1) is 36.4 Å². The van der Waals surface area contributed by atoms with Gasteiger partial charge in [-0.25, -0.2) is 0 Å². The summed E-state index contributed by atoms with van der Waals surface area (Å²) in [6, 6.07) is 5.32. The van der Waals surface area contributed by atoms with Gasteiger partial charge < -0.3 is 26.2 Å². The number of carbonyl (C=O) groups is 1. The van der Waals surface area contributed by atoms with Gasteiger partial charge in [0.15, 0.2) is 0 Å². The Morgan fingerprint density at radius 1 is 1.32 bits per heavy atom. The van der Waals surface area contributed by atoms with Crippen molar-refractivity contribution in [2.75, 3.05) is 26.4 Å². The zero-order chi connectivity index (χ0) is 20.9. The normalized spacial score (nSPS) is 12.8. The van der Waals surface area contributed by atoms with E-state index in [0.29, 0.717) is 34.6 Å². The first kappa shape index (κ1) is 24.0. The maximum Gasteiger partial charge on any atom is 0.275 e. The van der Waals surface area contributed by atoms with E-state index < -0.39 is 5.91 Å². The molecular weight excluding hydrogens is 403 g/mol. The number of nitrogens with one attached hydrogen (secondary N) is 2. The van der Waals surface area contributed by atoms with Crippen molar-refractivity contribution < 1.29 is 14.6 Å². The van der Waals surface area contributed by atoms with Crippen LogP contribution in [0.3, 0.4) is 0 Å². The van der Waals surface area contributed by atoms with Crippen LogP contribution in [-0.2, 0) is 16.1 Å². The Kier molecular flexibility index (Phi) is 11.3. The predicted molar refractivity (Wildman–Crippen MR) is 113 cm³/mol. The van der Waals surface area contributed by atoms with Gasteiger partial charge in [-0.15, -0.1) is 0 Å². The Balaban J connectivity index is 2.72. The number of amides is 1. The second kappa shape index (κ2) is 13.2. The fourth-order valence-corrected chi connectivity index (χ4v) is 2.41. The Labute approximate surface area is 175 Å². The number of aliphatic hydroxyl groups excluding tert-OH is 1. The molecule has 5 N–H and O–H groups in total. The van der Waals surface area contributed by atoms with Crippen molar-refractivity contribution in [1.29, 1.82) is 0 Å². The highest BCUT2D eigenvalue weighted by atomic mass is 35.5. The molecule has 7 nitrogen and oxygen atoms in total. The summed E-state index contributed by atoms with van der Waals surface area (Å²) in [6.07, 6.45) is 3.06. The molecule has 154 valence electrons. The van der Waals surface area contributed by atoms with E-state index in [1.54, 1.807) is 32.1 Å². The molecule has 0 saturated heterocycles. The zero-order valence-corrected chi connectivity index (χ0v) is 17.5. The van der Waals surface area contributed by atoms with E-state index in [1.807, 2.05) is 6.07 Å². The number of nitrogens with zero attached hydrogens (tertiary/aromatic N) is 1. The number of carbonyl (C=O) groups excluding carboxylic acids is 1. The number of hydrogen-bond donors (Lipinski definition) is 4. The first-order chi connectivity index (χ1) is 13.4. The lowest BCUT2D eigenvalue weighted by molar-refractivity contribution is -0.114. The molecular formula is C19H26Cl2N4O3. The lowest BCUT2D eigenvalue weighted by atomic mass is 10.2. The molecule has 0 spiro atoms. The minimum atomic E-state index is -0.393. The van der Waals surface area contributed by atoms with Crippen LogP contribution in [0.2, 0.25) is 10.0 Å². The van der Waals surface area contributed by atoms with Crippen LogP contribution < -0.4 is 16.4 Å². The highest BCUT2D eigenvalue weighted by Gasteiger charge is 2.14. The molecule has 0 aliphatic heterocycles. The molecule has 0 saturated carbocycles. The third-order valence-electron chi connectivity index (χ3n) is 3.58. The fraction of sp³-hybridized carbons (Fsp3) is 0.368. The summed E-state index contributed by atoms with van der Waals surface area (Å²) in [6.45, 7) is 4.67. The van der Waals surface area contributed by atoms with Gasteiger partial charge in [-0.1, -0.05) is 29.3 Å². The standard InChI is InChI=1S/C19H26Cl2N4O3/c1-3-17(24-12-14-4-5-15(20)16(21)10-14)25-19(27)18(13(2)11-22)23-6-8-28-9-7-26/h3-5,10-11,24,26H,6-9,12,22H2,1-2H3,(H,25,27)/b13-11-,17-3?,23-18?. The van der Waals surface area contributed by atoms with E-state index in [-0.39, 0.29) is 25.5 Å². The van der Waals surface area contributed by atoms with Crippen LogP contribution in [0.4, 0.5) is 0 Å². The summed E-state index contributed by atoms with van der Waals surface area (Å²) >= 11 is 11.9. The van der Waals surface area contributed by atoms with Gasteiger partial charge in [0.1, 0.15) is 11.5 Å². The number of hydrogen-bond acceptors (Lipinski definition) is 6. The third kappa shape index (κ3) is 8.31. The van der Waals surface area contributed by atoms with E-state index in [2.05, 4.69) is 15.6 Å². The average Bonchev–Trinajstić information content (AvgIpc) is 2.69. The van der Waals surface area contributed by atoms with E-state index in [0.717, 1.165) is 5.56 Å². The van der Waals surface area contributed by atoms with Crippen LogP contribution in [0.15, 0.2) is 46.9 Å². The van der Waals surface area contributed by atoms with E-state index >= 15 is 0 Å². The molecule has 1 amide bonds. The maximum atomic E-state index is 12.6. The van der Waals surface area contributed by atoms with E-state index in [4.69, 9.17) is 38.8 Å². The lowest BCUT2D eigenvalue weighted by Gasteiger charge is -2.14. The maximum absolute atomic E-state index is 12.6. The minimum absolute atomic E-state index is 0.0616. The fourth-order valence-electron chi connectivity index (χ4n) is 2.09. The summed E-state index contributed by atoms with van der Waals surface area (Å²) in [5.74, 6) is 0.126. The summed E-state index contributed by atoms with van der Waals surface area (Å²) in [5.41, 5.74) is 7.21. The van der Waals surface area contributed by atoms with Crippen molar-refractivity contribution in [3.05, 3.63) is 57.5 Å². The number of aliphatic hydroxyl groups is 1. The SMILES string of the molecule is CC=C(NCc1ccc(Cl)c(Cl)c1)NC(=O)C(=NCCOCCO)/C(C)=C\N. The molecule has 0 heterocycles. The number of rotatable bonds is 11. The van der Waals surface area contributed by atoms with Crippen LogP contribution in [-0.4, -0.2) is 43.1 Å². The topological polar surface area (TPSA) is 109 Å². The molecule has 0 bridgehead atoms.